The second kappa shape index (κ2) is 9.03. The fourth-order valence-electron chi connectivity index (χ4n) is 3.38. The Bertz CT molecular complexity index is 823. The first kappa shape index (κ1) is 19.4. The van der Waals surface area contributed by atoms with Gasteiger partial charge in [0.1, 0.15) is 6.61 Å². The fraction of sp³-hybridized carbons (Fsp3) is 0.429. The smallest absolute Gasteiger partial charge is 0.231 e. The monoisotopic (exact) mass is 449 g/mol. The van der Waals surface area contributed by atoms with E-state index in [0.29, 0.717) is 24.2 Å². The molecule has 6 nitrogen and oxygen atoms in total. The minimum absolute atomic E-state index is 0.265. The molecule has 2 aromatic rings. The molecule has 2 aliphatic heterocycles. The maximum atomic E-state index is 6.04. The first-order valence-electron chi connectivity index (χ1n) is 9.43. The maximum Gasteiger partial charge on any atom is 0.231 e. The van der Waals surface area contributed by atoms with Gasteiger partial charge in [0.25, 0.3) is 0 Å². The van der Waals surface area contributed by atoms with Crippen molar-refractivity contribution in [1.82, 2.24) is 5.32 Å². The summed E-state index contributed by atoms with van der Waals surface area (Å²) >= 11 is 3.62. The number of hydrogen-bond donors (Lipinski definition) is 1. The summed E-state index contributed by atoms with van der Waals surface area (Å²) in [5.41, 5.74) is 2.12. The second-order valence-electron chi connectivity index (χ2n) is 6.85. The minimum atomic E-state index is 0.265. The van der Waals surface area contributed by atoms with Crippen LogP contribution in [0.15, 0.2) is 34.8 Å². The molecule has 2 heterocycles. The quantitative estimate of drug-likeness (QED) is 0.656. The lowest BCUT2D eigenvalue weighted by atomic mass is 10.2. The molecule has 2 aromatic carbocycles. The van der Waals surface area contributed by atoms with E-state index in [2.05, 4.69) is 27.3 Å². The third-order valence-corrected chi connectivity index (χ3v) is 5.42. The number of fused-ring (bicyclic) bond motifs is 1. The van der Waals surface area contributed by atoms with E-state index in [9.17, 15) is 0 Å². The summed E-state index contributed by atoms with van der Waals surface area (Å²) in [6, 6.07) is 9.86. The second-order valence-corrected chi connectivity index (χ2v) is 7.71. The molecule has 1 saturated heterocycles. The van der Waals surface area contributed by atoms with E-state index < -0.39 is 0 Å². The molecule has 0 spiro atoms. The van der Waals surface area contributed by atoms with Crippen LogP contribution < -0.4 is 24.3 Å². The number of halogens is 1. The van der Waals surface area contributed by atoms with Crippen LogP contribution in [0.4, 0.5) is 0 Å². The third kappa shape index (κ3) is 4.54. The number of hydrogen-bond acceptors (Lipinski definition) is 6. The molecule has 0 bridgehead atoms. The average molecular weight is 450 g/mol. The average Bonchev–Trinajstić information content (AvgIpc) is 3.38. The lowest BCUT2D eigenvalue weighted by Gasteiger charge is -2.16. The van der Waals surface area contributed by atoms with Crippen molar-refractivity contribution in [3.63, 3.8) is 0 Å². The lowest BCUT2D eigenvalue weighted by Crippen LogP contribution is -2.25. The predicted octanol–water partition coefficient (Wildman–Crippen LogP) is 4.03. The molecule has 1 fully saturated rings. The van der Waals surface area contributed by atoms with Crippen LogP contribution in [0.5, 0.6) is 23.0 Å². The first-order valence-corrected chi connectivity index (χ1v) is 10.2. The van der Waals surface area contributed by atoms with Gasteiger partial charge in [-0.05, 0) is 64.2 Å². The Labute approximate surface area is 173 Å². The summed E-state index contributed by atoms with van der Waals surface area (Å²) in [6.45, 7) is 3.16. The highest BCUT2D eigenvalue weighted by molar-refractivity contribution is 9.10. The molecular formula is C21H24BrNO5. The Kier molecular flexibility index (Phi) is 6.24. The Morgan fingerprint density at radius 2 is 2.04 bits per heavy atom. The van der Waals surface area contributed by atoms with Gasteiger partial charge < -0.3 is 29.0 Å². The SMILES string of the molecule is COc1cc(CNCC2CCCO2)cc(Br)c1OCc1ccc2c(c1)OCO2. The van der Waals surface area contributed by atoms with E-state index in [0.717, 1.165) is 59.6 Å². The van der Waals surface area contributed by atoms with Crippen LogP contribution in [0.3, 0.4) is 0 Å². The van der Waals surface area contributed by atoms with Crippen LogP contribution in [0.1, 0.15) is 24.0 Å². The molecule has 2 aliphatic rings. The van der Waals surface area contributed by atoms with Crippen molar-refractivity contribution in [2.24, 2.45) is 0 Å². The van der Waals surface area contributed by atoms with E-state index in [1.807, 2.05) is 24.3 Å². The van der Waals surface area contributed by atoms with E-state index >= 15 is 0 Å². The number of ether oxygens (including phenoxy) is 5. The molecule has 0 aliphatic carbocycles. The lowest BCUT2D eigenvalue weighted by molar-refractivity contribution is 0.110. The van der Waals surface area contributed by atoms with Crippen LogP contribution in [0.2, 0.25) is 0 Å². The van der Waals surface area contributed by atoms with Gasteiger partial charge >= 0.3 is 0 Å². The van der Waals surface area contributed by atoms with Gasteiger partial charge in [-0.3, -0.25) is 0 Å². The van der Waals surface area contributed by atoms with E-state index in [1.165, 1.54) is 0 Å². The van der Waals surface area contributed by atoms with E-state index in [-0.39, 0.29) is 6.79 Å². The van der Waals surface area contributed by atoms with Crippen LogP contribution in [0.25, 0.3) is 0 Å². The standard InChI is InChI=1S/C21H24BrNO5/c1-24-20-9-15(10-23-11-16-3-2-6-25-16)7-17(22)21(20)26-12-14-4-5-18-19(8-14)28-13-27-18/h4-5,7-9,16,23H,2-3,6,10-13H2,1H3. The van der Waals surface area contributed by atoms with Crippen molar-refractivity contribution >= 4 is 15.9 Å². The highest BCUT2D eigenvalue weighted by Gasteiger charge is 2.17. The highest BCUT2D eigenvalue weighted by Crippen LogP contribution is 2.38. The summed E-state index contributed by atoms with van der Waals surface area (Å²) < 4.78 is 28.9. The van der Waals surface area contributed by atoms with Crippen LogP contribution in [0, 0.1) is 0 Å². The molecule has 0 saturated carbocycles. The Hall–Kier alpha value is -1.96. The fourth-order valence-corrected chi connectivity index (χ4v) is 3.99. The predicted molar refractivity (Wildman–Crippen MR) is 108 cm³/mol. The van der Waals surface area contributed by atoms with Gasteiger partial charge in [-0.15, -0.1) is 0 Å². The molecule has 1 N–H and O–H groups in total. The molecule has 150 valence electrons. The van der Waals surface area contributed by atoms with Gasteiger partial charge in [0.2, 0.25) is 6.79 Å². The summed E-state index contributed by atoms with van der Waals surface area (Å²) in [6.07, 6.45) is 2.61. The number of methoxy groups -OCH3 is 1. The Morgan fingerprint density at radius 3 is 2.86 bits per heavy atom. The summed E-state index contributed by atoms with van der Waals surface area (Å²) in [7, 11) is 1.65. The molecule has 1 unspecified atom stereocenters. The molecule has 1 atom stereocenters. The van der Waals surface area contributed by atoms with Gasteiger partial charge in [-0.1, -0.05) is 6.07 Å². The largest absolute Gasteiger partial charge is 0.493 e. The van der Waals surface area contributed by atoms with Gasteiger partial charge in [-0.25, -0.2) is 0 Å². The van der Waals surface area contributed by atoms with E-state index in [1.54, 1.807) is 7.11 Å². The molecular weight excluding hydrogens is 426 g/mol. The number of benzene rings is 2. The summed E-state index contributed by atoms with van der Waals surface area (Å²) in [4.78, 5) is 0. The maximum absolute atomic E-state index is 6.04. The zero-order valence-corrected chi connectivity index (χ0v) is 17.4. The van der Waals surface area contributed by atoms with Crippen molar-refractivity contribution in [3.05, 3.63) is 45.9 Å². The normalized spacial score (nSPS) is 17.7. The number of nitrogens with one attached hydrogen (secondary N) is 1. The van der Waals surface area contributed by atoms with Crippen LogP contribution >= 0.6 is 15.9 Å². The van der Waals surface area contributed by atoms with Crippen LogP contribution in [-0.4, -0.2) is 33.2 Å². The number of rotatable bonds is 8. The van der Waals surface area contributed by atoms with Gasteiger partial charge in [0, 0.05) is 19.7 Å². The van der Waals surface area contributed by atoms with Crippen molar-refractivity contribution in [3.8, 4) is 23.0 Å². The third-order valence-electron chi connectivity index (χ3n) is 4.83. The van der Waals surface area contributed by atoms with Crippen molar-refractivity contribution < 1.29 is 23.7 Å². The Balaban J connectivity index is 1.39. The highest BCUT2D eigenvalue weighted by atomic mass is 79.9. The molecule has 28 heavy (non-hydrogen) atoms. The summed E-state index contributed by atoms with van der Waals surface area (Å²) in [5.74, 6) is 2.90. The van der Waals surface area contributed by atoms with Crippen LogP contribution in [-0.2, 0) is 17.9 Å². The van der Waals surface area contributed by atoms with Crippen molar-refractivity contribution in [1.29, 1.82) is 0 Å². The molecule has 4 rings (SSSR count). The minimum Gasteiger partial charge on any atom is -0.493 e. The molecule has 0 aromatic heterocycles. The van der Waals surface area contributed by atoms with E-state index in [4.69, 9.17) is 23.7 Å². The molecule has 0 radical (unpaired) electrons. The first-order chi connectivity index (χ1) is 13.7. The molecule has 0 amide bonds. The van der Waals surface area contributed by atoms with Crippen molar-refractivity contribution in [2.75, 3.05) is 27.1 Å². The van der Waals surface area contributed by atoms with Crippen molar-refractivity contribution in [2.45, 2.75) is 32.1 Å². The molecule has 7 heteroatoms. The topological polar surface area (TPSA) is 58.2 Å². The van der Waals surface area contributed by atoms with Gasteiger partial charge in [0.05, 0.1) is 17.7 Å². The van der Waals surface area contributed by atoms with Gasteiger partial charge in [0.15, 0.2) is 23.0 Å². The Morgan fingerprint density at radius 1 is 1.14 bits per heavy atom. The van der Waals surface area contributed by atoms with Gasteiger partial charge in [-0.2, -0.15) is 0 Å². The zero-order chi connectivity index (χ0) is 19.3. The zero-order valence-electron chi connectivity index (χ0n) is 15.8. The summed E-state index contributed by atoms with van der Waals surface area (Å²) in [5, 5.41) is 3.46.